The minimum atomic E-state index is -3.05. The van der Waals surface area contributed by atoms with E-state index in [1.165, 1.54) is 14.0 Å². The Labute approximate surface area is 77.9 Å². The molecule has 5 nitrogen and oxygen atoms in total. The molecule has 6 heteroatoms. The molecule has 0 aromatic heterocycles. The Kier molecular flexibility index (Phi) is 4.64. The normalized spacial score (nSPS) is 14.6. The summed E-state index contributed by atoms with van der Waals surface area (Å²) in [5, 5.41) is 0. The molecule has 1 atom stereocenters. The number of nitrogens with one attached hydrogen (secondary N) is 1. The molecule has 0 fully saturated rings. The third-order valence-corrected chi connectivity index (χ3v) is 2.45. The van der Waals surface area contributed by atoms with Crippen molar-refractivity contribution in [2.24, 2.45) is 0 Å². The zero-order chi connectivity index (χ0) is 10.5. The van der Waals surface area contributed by atoms with Crippen molar-refractivity contribution >= 4 is 16.0 Å². The molecule has 0 aliphatic carbocycles. The van der Waals surface area contributed by atoms with Gasteiger partial charge >= 0.3 is 5.97 Å². The largest absolute Gasteiger partial charge is 0.461 e. The van der Waals surface area contributed by atoms with Crippen LogP contribution in [0.4, 0.5) is 0 Å². The molecule has 0 aliphatic heterocycles. The molecular weight excluding hydrogens is 194 g/mol. The Morgan fingerprint density at radius 2 is 2.15 bits per heavy atom. The van der Waals surface area contributed by atoms with E-state index >= 15 is 0 Å². The van der Waals surface area contributed by atoms with Crippen LogP contribution in [0, 0.1) is 4.78 Å². The molecule has 76 valence electrons. The number of rotatable bonds is 5. The zero-order valence-corrected chi connectivity index (χ0v) is 8.48. The van der Waals surface area contributed by atoms with Crippen molar-refractivity contribution in [2.45, 2.75) is 6.92 Å². The lowest BCUT2D eigenvalue weighted by atomic mass is 10.4. The molecular formula is C7H13NO4S. The van der Waals surface area contributed by atoms with E-state index in [2.05, 4.69) is 15.5 Å². The number of carbonyl (C=O) groups is 1. The number of hydrogen-bond donors (Lipinski definition) is 1. The molecule has 0 amide bonds. The molecule has 0 bridgehead atoms. The van der Waals surface area contributed by atoms with Crippen LogP contribution in [-0.4, -0.2) is 29.6 Å². The van der Waals surface area contributed by atoms with Crippen molar-refractivity contribution in [3.8, 4) is 0 Å². The van der Waals surface area contributed by atoms with Gasteiger partial charge in [0.2, 0.25) is 0 Å². The fourth-order valence-electron chi connectivity index (χ4n) is 0.451. The van der Waals surface area contributed by atoms with Gasteiger partial charge in [-0.1, -0.05) is 6.58 Å². The average Bonchev–Trinajstić information content (AvgIpc) is 2.04. The minimum absolute atomic E-state index is 0.0954. The maximum Gasteiger partial charge on any atom is 0.333 e. The van der Waals surface area contributed by atoms with Crippen molar-refractivity contribution in [2.75, 3.05) is 19.5 Å². The number of ether oxygens (including phenoxy) is 1. The van der Waals surface area contributed by atoms with Gasteiger partial charge in [0.25, 0.3) is 0 Å². The van der Waals surface area contributed by atoms with Crippen LogP contribution in [0.1, 0.15) is 6.92 Å². The molecule has 13 heavy (non-hydrogen) atoms. The van der Waals surface area contributed by atoms with E-state index in [9.17, 15) is 9.00 Å². The molecule has 0 radical (unpaired) electrons. The van der Waals surface area contributed by atoms with Crippen molar-refractivity contribution in [3.63, 3.8) is 0 Å². The number of esters is 1. The van der Waals surface area contributed by atoms with E-state index in [1.54, 1.807) is 0 Å². The highest BCUT2D eigenvalue weighted by Crippen LogP contribution is 1.95. The first kappa shape index (κ1) is 12.1. The van der Waals surface area contributed by atoms with Crippen molar-refractivity contribution < 1.29 is 17.9 Å². The summed E-state index contributed by atoms with van der Waals surface area (Å²) in [6.07, 6.45) is 0. The lowest BCUT2D eigenvalue weighted by molar-refractivity contribution is -0.138. The molecule has 0 aromatic rings. The first-order chi connectivity index (χ1) is 5.89. The maximum absolute atomic E-state index is 10.9. The first-order valence-electron chi connectivity index (χ1n) is 3.53. The standard InChI is InChI=1S/C7H13NO4S/c1-6(2)7(9)12-4-5-13(8,10)11-3/h8H,1,4-5H2,2-3H3. The smallest absolute Gasteiger partial charge is 0.333 e. The van der Waals surface area contributed by atoms with E-state index in [0.717, 1.165) is 0 Å². The van der Waals surface area contributed by atoms with Crippen LogP contribution in [0.2, 0.25) is 0 Å². The Balaban J connectivity index is 3.82. The Morgan fingerprint density at radius 3 is 2.54 bits per heavy atom. The molecule has 1 N–H and O–H groups in total. The number of hydrogen-bond acceptors (Lipinski definition) is 5. The van der Waals surface area contributed by atoms with Gasteiger partial charge < -0.3 is 4.74 Å². The van der Waals surface area contributed by atoms with Crippen molar-refractivity contribution in [3.05, 3.63) is 12.2 Å². The average molecular weight is 207 g/mol. The molecule has 0 aliphatic rings. The second kappa shape index (κ2) is 4.98. The summed E-state index contributed by atoms with van der Waals surface area (Å²) >= 11 is 0. The SMILES string of the molecule is C=C(C)C(=O)OCCS(=N)(=O)OC. The van der Waals surface area contributed by atoms with E-state index in [4.69, 9.17) is 4.78 Å². The topological polar surface area (TPSA) is 76.5 Å². The second-order valence-corrected chi connectivity index (χ2v) is 4.37. The Morgan fingerprint density at radius 1 is 1.62 bits per heavy atom. The fraction of sp³-hybridized carbons (Fsp3) is 0.571. The first-order valence-corrected chi connectivity index (χ1v) is 5.19. The lowest BCUT2D eigenvalue weighted by Crippen LogP contribution is -2.15. The summed E-state index contributed by atoms with van der Waals surface area (Å²) in [7, 11) is -1.87. The van der Waals surface area contributed by atoms with Gasteiger partial charge in [-0.25, -0.2) is 13.8 Å². The van der Waals surface area contributed by atoms with Crippen LogP contribution in [-0.2, 0) is 23.7 Å². The highest BCUT2D eigenvalue weighted by molar-refractivity contribution is 7.87. The molecule has 1 unspecified atom stereocenters. The van der Waals surface area contributed by atoms with Crippen LogP contribution >= 0.6 is 0 Å². The quantitative estimate of drug-likeness (QED) is 0.532. The predicted octanol–water partition coefficient (Wildman–Crippen LogP) is 0.714. The van der Waals surface area contributed by atoms with Gasteiger partial charge in [-0.05, 0) is 6.92 Å². The minimum Gasteiger partial charge on any atom is -0.461 e. The van der Waals surface area contributed by atoms with E-state index in [1.807, 2.05) is 0 Å². The van der Waals surface area contributed by atoms with Gasteiger partial charge in [0.05, 0.1) is 12.9 Å². The molecule has 0 heterocycles. The van der Waals surface area contributed by atoms with Crippen molar-refractivity contribution in [1.29, 1.82) is 4.78 Å². The van der Waals surface area contributed by atoms with Gasteiger partial charge in [-0.3, -0.25) is 4.18 Å². The summed E-state index contributed by atoms with van der Waals surface area (Å²) in [6.45, 7) is 4.78. The Hall–Kier alpha value is -0.880. The maximum atomic E-state index is 10.9. The van der Waals surface area contributed by atoms with Gasteiger partial charge in [-0.2, -0.15) is 0 Å². The van der Waals surface area contributed by atoms with Crippen LogP contribution in [0.5, 0.6) is 0 Å². The number of carbonyl (C=O) groups excluding carboxylic acids is 1. The summed E-state index contributed by atoms with van der Waals surface area (Å²) in [5.41, 5.74) is 0.272. The van der Waals surface area contributed by atoms with Crippen LogP contribution in [0.15, 0.2) is 12.2 Å². The van der Waals surface area contributed by atoms with E-state index in [-0.39, 0.29) is 17.9 Å². The summed E-state index contributed by atoms with van der Waals surface area (Å²) < 4.78 is 26.9. The molecule has 0 saturated carbocycles. The van der Waals surface area contributed by atoms with E-state index in [0.29, 0.717) is 0 Å². The van der Waals surface area contributed by atoms with Gasteiger partial charge in [0.15, 0.2) is 10.0 Å². The van der Waals surface area contributed by atoms with Crippen LogP contribution in [0.25, 0.3) is 0 Å². The fourth-order valence-corrected chi connectivity index (χ4v) is 0.920. The van der Waals surface area contributed by atoms with Crippen LogP contribution in [0.3, 0.4) is 0 Å². The van der Waals surface area contributed by atoms with Crippen molar-refractivity contribution in [1.82, 2.24) is 0 Å². The summed E-state index contributed by atoms with van der Waals surface area (Å²) in [5.74, 6) is -0.672. The third-order valence-electron chi connectivity index (χ3n) is 1.20. The zero-order valence-electron chi connectivity index (χ0n) is 7.66. The lowest BCUT2D eigenvalue weighted by Gasteiger charge is -2.05. The predicted molar refractivity (Wildman–Crippen MR) is 48.5 cm³/mol. The molecule has 0 saturated heterocycles. The molecule has 0 spiro atoms. The monoisotopic (exact) mass is 207 g/mol. The van der Waals surface area contributed by atoms with Gasteiger partial charge in [-0.15, -0.1) is 0 Å². The van der Waals surface area contributed by atoms with Crippen LogP contribution < -0.4 is 0 Å². The third kappa shape index (κ3) is 5.37. The highest BCUT2D eigenvalue weighted by atomic mass is 32.2. The molecule has 0 rings (SSSR count). The van der Waals surface area contributed by atoms with E-state index < -0.39 is 16.0 Å². The Bertz CT molecular complexity index is 294. The summed E-state index contributed by atoms with van der Waals surface area (Å²) in [4.78, 5) is 10.8. The molecule has 0 aromatic carbocycles. The summed E-state index contributed by atoms with van der Waals surface area (Å²) in [6, 6.07) is 0. The van der Waals surface area contributed by atoms with Gasteiger partial charge in [0, 0.05) is 5.57 Å². The van der Waals surface area contributed by atoms with Gasteiger partial charge in [0.1, 0.15) is 6.61 Å². The highest BCUT2D eigenvalue weighted by Gasteiger charge is 2.07. The second-order valence-electron chi connectivity index (χ2n) is 2.40.